The van der Waals surface area contributed by atoms with Gasteiger partial charge in [-0.25, -0.2) is 13.1 Å². The molecule has 0 aliphatic heterocycles. The lowest BCUT2D eigenvalue weighted by Crippen LogP contribution is -2.29. The summed E-state index contributed by atoms with van der Waals surface area (Å²) in [5.41, 5.74) is 2.17. The predicted molar refractivity (Wildman–Crippen MR) is 68.9 cm³/mol. The number of ether oxygens (including phenoxy) is 1. The van der Waals surface area contributed by atoms with Gasteiger partial charge in [-0.2, -0.15) is 0 Å². The van der Waals surface area contributed by atoms with Crippen LogP contribution in [0.2, 0.25) is 0 Å². The summed E-state index contributed by atoms with van der Waals surface area (Å²) in [4.78, 5) is 0. The summed E-state index contributed by atoms with van der Waals surface area (Å²) >= 11 is 0. The summed E-state index contributed by atoms with van der Waals surface area (Å²) in [6.45, 7) is 6.19. The summed E-state index contributed by atoms with van der Waals surface area (Å²) in [5.74, 6) is 0.900. The Morgan fingerprint density at radius 1 is 1.29 bits per heavy atom. The van der Waals surface area contributed by atoms with Crippen LogP contribution in [-0.4, -0.2) is 27.3 Å². The van der Waals surface area contributed by atoms with Gasteiger partial charge < -0.3 is 4.74 Å². The van der Waals surface area contributed by atoms with Crippen molar-refractivity contribution in [2.24, 2.45) is 0 Å². The van der Waals surface area contributed by atoms with Crippen molar-refractivity contribution in [1.29, 1.82) is 0 Å². The maximum atomic E-state index is 11.2. The van der Waals surface area contributed by atoms with E-state index in [0.29, 0.717) is 13.2 Å². The molecule has 0 spiro atoms. The van der Waals surface area contributed by atoms with Crippen molar-refractivity contribution in [1.82, 2.24) is 4.72 Å². The molecule has 0 aliphatic rings. The zero-order valence-electron chi connectivity index (χ0n) is 10.5. The quantitative estimate of drug-likeness (QED) is 0.788. The fourth-order valence-corrected chi connectivity index (χ4v) is 1.92. The average Bonchev–Trinajstić information content (AvgIpc) is 2.29. The minimum absolute atomic E-state index is 0.0937. The van der Waals surface area contributed by atoms with E-state index in [1.165, 1.54) is 0 Å². The smallest absolute Gasteiger partial charge is 0.211 e. The molecule has 1 aromatic rings. The molecule has 0 radical (unpaired) electrons. The van der Waals surface area contributed by atoms with Crippen molar-refractivity contribution >= 4 is 10.0 Å². The molecule has 0 unspecified atom stereocenters. The van der Waals surface area contributed by atoms with Gasteiger partial charge in [-0.1, -0.05) is 12.1 Å². The van der Waals surface area contributed by atoms with Crippen molar-refractivity contribution in [3.8, 4) is 5.75 Å². The van der Waals surface area contributed by atoms with Crippen LogP contribution in [0.5, 0.6) is 5.75 Å². The average molecular weight is 257 g/mol. The summed E-state index contributed by atoms with van der Waals surface area (Å²) in [5, 5.41) is 0. The van der Waals surface area contributed by atoms with Gasteiger partial charge in [0.1, 0.15) is 12.4 Å². The zero-order valence-corrected chi connectivity index (χ0v) is 11.3. The van der Waals surface area contributed by atoms with Crippen LogP contribution in [0.15, 0.2) is 18.2 Å². The van der Waals surface area contributed by atoms with Crippen molar-refractivity contribution in [2.75, 3.05) is 18.9 Å². The van der Waals surface area contributed by atoms with Crippen LogP contribution < -0.4 is 9.46 Å². The molecule has 0 heterocycles. The molecule has 0 aliphatic carbocycles. The number of hydrogen-bond acceptors (Lipinski definition) is 3. The Kier molecular flexibility index (Phi) is 4.96. The Hall–Kier alpha value is -1.07. The first-order valence-corrected chi connectivity index (χ1v) is 7.27. The minimum Gasteiger partial charge on any atom is -0.492 e. The van der Waals surface area contributed by atoms with Crippen LogP contribution in [0.25, 0.3) is 0 Å². The first-order chi connectivity index (χ1) is 7.94. The molecule has 5 heteroatoms. The van der Waals surface area contributed by atoms with E-state index in [1.54, 1.807) is 6.92 Å². The predicted octanol–water partition coefficient (Wildman–Crippen LogP) is 1.62. The maximum absolute atomic E-state index is 11.2. The summed E-state index contributed by atoms with van der Waals surface area (Å²) in [6.07, 6.45) is 0. The van der Waals surface area contributed by atoms with Gasteiger partial charge in [-0.15, -0.1) is 0 Å². The van der Waals surface area contributed by atoms with Gasteiger partial charge in [-0.3, -0.25) is 0 Å². The van der Waals surface area contributed by atoms with Gasteiger partial charge in [0.15, 0.2) is 0 Å². The van der Waals surface area contributed by atoms with E-state index in [2.05, 4.69) is 4.72 Å². The lowest BCUT2D eigenvalue weighted by Gasteiger charge is -2.10. The highest BCUT2D eigenvalue weighted by Crippen LogP contribution is 2.18. The van der Waals surface area contributed by atoms with Gasteiger partial charge in [0, 0.05) is 6.54 Å². The normalized spacial score (nSPS) is 11.5. The van der Waals surface area contributed by atoms with Crippen LogP contribution >= 0.6 is 0 Å². The van der Waals surface area contributed by atoms with E-state index >= 15 is 0 Å². The van der Waals surface area contributed by atoms with Crippen molar-refractivity contribution < 1.29 is 13.2 Å². The molecule has 0 amide bonds. The van der Waals surface area contributed by atoms with Crippen molar-refractivity contribution in [3.63, 3.8) is 0 Å². The van der Waals surface area contributed by atoms with Gasteiger partial charge >= 0.3 is 0 Å². The number of sulfonamides is 1. The monoisotopic (exact) mass is 257 g/mol. The third-order valence-corrected chi connectivity index (χ3v) is 3.81. The Morgan fingerprint density at radius 2 is 2.00 bits per heavy atom. The summed E-state index contributed by atoms with van der Waals surface area (Å²) in [7, 11) is -3.12. The summed E-state index contributed by atoms with van der Waals surface area (Å²) in [6, 6.07) is 5.95. The van der Waals surface area contributed by atoms with Crippen LogP contribution in [0.1, 0.15) is 18.1 Å². The highest BCUT2D eigenvalue weighted by Gasteiger charge is 2.05. The molecular formula is C12H19NO3S. The van der Waals surface area contributed by atoms with Crippen molar-refractivity contribution in [3.05, 3.63) is 29.3 Å². The van der Waals surface area contributed by atoms with Crippen LogP contribution in [0, 0.1) is 13.8 Å². The third-order valence-electron chi connectivity index (χ3n) is 2.41. The molecule has 96 valence electrons. The SMILES string of the molecule is CCS(=O)(=O)NCCOc1cc(C)ccc1C. The lowest BCUT2D eigenvalue weighted by atomic mass is 10.1. The molecule has 0 bridgehead atoms. The van der Waals surface area contributed by atoms with Crippen LogP contribution in [-0.2, 0) is 10.0 Å². The number of aryl methyl sites for hydroxylation is 2. The second kappa shape index (κ2) is 6.02. The largest absolute Gasteiger partial charge is 0.492 e. The lowest BCUT2D eigenvalue weighted by molar-refractivity contribution is 0.320. The molecule has 0 atom stereocenters. The molecule has 17 heavy (non-hydrogen) atoms. The standard InChI is InChI=1S/C12H19NO3S/c1-4-17(14,15)13-7-8-16-12-9-10(2)5-6-11(12)3/h5-6,9,13H,4,7-8H2,1-3H3. The van der Waals surface area contributed by atoms with E-state index in [9.17, 15) is 8.42 Å². The second-order valence-electron chi connectivity index (χ2n) is 3.92. The first-order valence-electron chi connectivity index (χ1n) is 5.62. The Labute approximate surface area is 103 Å². The highest BCUT2D eigenvalue weighted by molar-refractivity contribution is 7.89. The van der Waals surface area contributed by atoms with Gasteiger partial charge in [0.2, 0.25) is 10.0 Å². The van der Waals surface area contributed by atoms with E-state index < -0.39 is 10.0 Å². The molecular weight excluding hydrogens is 238 g/mol. The minimum atomic E-state index is -3.12. The molecule has 1 aromatic carbocycles. The van der Waals surface area contributed by atoms with E-state index in [-0.39, 0.29) is 5.75 Å². The van der Waals surface area contributed by atoms with Gasteiger partial charge in [0.25, 0.3) is 0 Å². The Balaban J connectivity index is 2.44. The third kappa shape index (κ3) is 4.75. The van der Waals surface area contributed by atoms with Crippen molar-refractivity contribution in [2.45, 2.75) is 20.8 Å². The van der Waals surface area contributed by atoms with Gasteiger partial charge in [0.05, 0.1) is 5.75 Å². The Morgan fingerprint density at radius 3 is 2.65 bits per heavy atom. The fourth-order valence-electron chi connectivity index (χ4n) is 1.32. The zero-order chi connectivity index (χ0) is 12.9. The topological polar surface area (TPSA) is 55.4 Å². The van der Waals surface area contributed by atoms with Crippen LogP contribution in [0.3, 0.4) is 0 Å². The summed E-state index contributed by atoms with van der Waals surface area (Å²) < 4.78 is 30.3. The van der Waals surface area contributed by atoms with E-state index in [1.807, 2.05) is 32.0 Å². The molecule has 0 fully saturated rings. The maximum Gasteiger partial charge on any atom is 0.211 e. The number of hydrogen-bond donors (Lipinski definition) is 1. The second-order valence-corrected chi connectivity index (χ2v) is 6.01. The molecule has 4 nitrogen and oxygen atoms in total. The van der Waals surface area contributed by atoms with E-state index in [4.69, 9.17) is 4.74 Å². The molecule has 0 saturated heterocycles. The Bertz CT molecular complexity index is 469. The van der Waals surface area contributed by atoms with Gasteiger partial charge in [-0.05, 0) is 38.0 Å². The van der Waals surface area contributed by atoms with Crippen LogP contribution in [0.4, 0.5) is 0 Å². The number of nitrogens with one attached hydrogen (secondary N) is 1. The number of benzene rings is 1. The first kappa shape index (κ1) is 14.0. The molecule has 0 aromatic heterocycles. The number of rotatable bonds is 6. The molecule has 1 rings (SSSR count). The fraction of sp³-hybridized carbons (Fsp3) is 0.500. The van der Waals surface area contributed by atoms with E-state index in [0.717, 1.165) is 16.9 Å². The molecule has 0 saturated carbocycles. The molecule has 1 N–H and O–H groups in total. The highest BCUT2D eigenvalue weighted by atomic mass is 32.2.